The van der Waals surface area contributed by atoms with Gasteiger partial charge in [0.05, 0.1) is 11.6 Å². The highest BCUT2D eigenvalue weighted by molar-refractivity contribution is 6.30. The van der Waals surface area contributed by atoms with Crippen LogP contribution in [0.1, 0.15) is 53.3 Å². The highest BCUT2D eigenvalue weighted by Crippen LogP contribution is 2.22. The summed E-state index contributed by atoms with van der Waals surface area (Å²) in [5.41, 5.74) is 7.74. The summed E-state index contributed by atoms with van der Waals surface area (Å²) in [6.07, 6.45) is 1.58. The molecule has 0 heterocycles. The van der Waals surface area contributed by atoms with Crippen molar-refractivity contribution in [1.29, 1.82) is 0 Å². The number of hydrogen-bond acceptors (Lipinski definition) is 3. The fourth-order valence-corrected chi connectivity index (χ4v) is 2.78. The zero-order valence-electron chi connectivity index (χ0n) is 13.9. The zero-order valence-corrected chi connectivity index (χ0v) is 14.7. The lowest BCUT2D eigenvalue weighted by molar-refractivity contribution is -0.123. The number of amides is 1. The van der Waals surface area contributed by atoms with Crippen LogP contribution in [-0.4, -0.2) is 17.0 Å². The van der Waals surface area contributed by atoms with Crippen LogP contribution in [0.5, 0.6) is 0 Å². The predicted octanol–water partition coefficient (Wildman–Crippen LogP) is 3.70. The Bertz CT molecular complexity index is 747. The Labute approximate surface area is 151 Å². The molecule has 1 amide bonds. The van der Waals surface area contributed by atoms with Gasteiger partial charge in [0.15, 0.2) is 0 Å². The van der Waals surface area contributed by atoms with Gasteiger partial charge in [-0.05, 0) is 41.8 Å². The van der Waals surface area contributed by atoms with Crippen molar-refractivity contribution in [3.8, 4) is 0 Å². The van der Waals surface area contributed by atoms with Crippen molar-refractivity contribution in [1.82, 2.24) is 5.32 Å². The number of benzene rings is 2. The molecule has 132 valence electrons. The van der Waals surface area contributed by atoms with Crippen molar-refractivity contribution in [3.63, 3.8) is 0 Å². The molecule has 0 saturated heterocycles. The smallest absolute Gasteiger partial charge is 0.335 e. The second-order valence-electron chi connectivity index (χ2n) is 5.81. The summed E-state index contributed by atoms with van der Waals surface area (Å²) >= 11 is 5.95. The number of carboxylic acids is 1. The van der Waals surface area contributed by atoms with Gasteiger partial charge in [-0.15, -0.1) is 0 Å². The third-order valence-electron chi connectivity index (χ3n) is 3.94. The Morgan fingerprint density at radius 1 is 1.16 bits per heavy atom. The molecule has 5 nitrogen and oxygen atoms in total. The molecule has 2 aromatic rings. The Hall–Kier alpha value is -2.37. The van der Waals surface area contributed by atoms with Crippen LogP contribution in [-0.2, 0) is 4.79 Å². The molecule has 2 unspecified atom stereocenters. The van der Waals surface area contributed by atoms with E-state index in [1.54, 1.807) is 36.4 Å². The van der Waals surface area contributed by atoms with Gasteiger partial charge in [0.25, 0.3) is 0 Å². The van der Waals surface area contributed by atoms with E-state index in [-0.39, 0.29) is 17.5 Å². The molecule has 25 heavy (non-hydrogen) atoms. The van der Waals surface area contributed by atoms with Gasteiger partial charge in [0.2, 0.25) is 5.91 Å². The average molecular weight is 361 g/mol. The molecule has 2 atom stereocenters. The summed E-state index contributed by atoms with van der Waals surface area (Å²) in [6, 6.07) is 12.3. The molecule has 2 aromatic carbocycles. The summed E-state index contributed by atoms with van der Waals surface area (Å²) < 4.78 is 0. The first-order chi connectivity index (χ1) is 11.9. The van der Waals surface area contributed by atoms with Gasteiger partial charge < -0.3 is 16.2 Å². The highest BCUT2D eigenvalue weighted by Gasteiger charge is 2.20. The third-order valence-corrected chi connectivity index (χ3v) is 4.18. The number of carbonyl (C=O) groups is 2. The van der Waals surface area contributed by atoms with Crippen molar-refractivity contribution < 1.29 is 14.7 Å². The summed E-state index contributed by atoms with van der Waals surface area (Å²) in [4.78, 5) is 23.5. The van der Waals surface area contributed by atoms with E-state index in [1.165, 1.54) is 12.1 Å². The molecule has 0 radical (unpaired) electrons. The van der Waals surface area contributed by atoms with Crippen LogP contribution >= 0.6 is 11.6 Å². The second kappa shape index (κ2) is 8.65. The monoisotopic (exact) mass is 360 g/mol. The van der Waals surface area contributed by atoms with Crippen LogP contribution in [0.4, 0.5) is 0 Å². The van der Waals surface area contributed by atoms with Crippen LogP contribution in [0.15, 0.2) is 48.5 Å². The van der Waals surface area contributed by atoms with E-state index in [9.17, 15) is 9.59 Å². The van der Waals surface area contributed by atoms with E-state index < -0.39 is 12.0 Å². The quantitative estimate of drug-likeness (QED) is 0.702. The van der Waals surface area contributed by atoms with E-state index >= 15 is 0 Å². The maximum atomic E-state index is 12.5. The molecule has 0 spiro atoms. The summed E-state index contributed by atoms with van der Waals surface area (Å²) in [6.45, 7) is 2.02. The molecule has 0 fully saturated rings. The first-order valence-corrected chi connectivity index (χ1v) is 8.44. The molecule has 6 heteroatoms. The lowest BCUT2D eigenvalue weighted by Crippen LogP contribution is -2.36. The maximum absolute atomic E-state index is 12.5. The van der Waals surface area contributed by atoms with Crippen LogP contribution in [0, 0.1) is 0 Å². The SMILES string of the molecule is CCCC(NC(=O)C(N)c1cccc(Cl)c1)c1ccc(C(=O)O)cc1. The minimum Gasteiger partial charge on any atom is -0.478 e. The molecule has 0 saturated carbocycles. The molecule has 4 N–H and O–H groups in total. The predicted molar refractivity (Wildman–Crippen MR) is 97.6 cm³/mol. The Kier molecular flexibility index (Phi) is 6.56. The Morgan fingerprint density at radius 3 is 2.40 bits per heavy atom. The molecule has 2 rings (SSSR count). The van der Waals surface area contributed by atoms with Gasteiger partial charge in [-0.1, -0.05) is 49.2 Å². The van der Waals surface area contributed by atoms with Crippen LogP contribution in [0.2, 0.25) is 5.02 Å². The molecule has 0 bridgehead atoms. The van der Waals surface area contributed by atoms with Crippen LogP contribution < -0.4 is 11.1 Å². The lowest BCUT2D eigenvalue weighted by atomic mass is 9.99. The normalized spacial score (nSPS) is 13.1. The standard InChI is InChI=1S/C19H21ClN2O3/c1-2-4-16(12-7-9-13(10-8-12)19(24)25)22-18(23)17(21)14-5-3-6-15(20)11-14/h3,5-11,16-17H,2,4,21H2,1H3,(H,22,23)(H,24,25). The number of carboxylic acid groups (broad SMARTS) is 1. The van der Waals surface area contributed by atoms with Crippen LogP contribution in [0.3, 0.4) is 0 Å². The molecular formula is C19H21ClN2O3. The van der Waals surface area contributed by atoms with E-state index in [0.717, 1.165) is 18.4 Å². The summed E-state index contributed by atoms with van der Waals surface area (Å²) in [5.74, 6) is -1.28. The number of aromatic carboxylic acids is 1. The third kappa shape index (κ3) is 5.05. The number of hydrogen-bond donors (Lipinski definition) is 3. The number of rotatable bonds is 7. The van der Waals surface area contributed by atoms with Crippen molar-refractivity contribution in [2.24, 2.45) is 5.73 Å². The fraction of sp³-hybridized carbons (Fsp3) is 0.263. The van der Waals surface area contributed by atoms with E-state index in [2.05, 4.69) is 5.32 Å². The van der Waals surface area contributed by atoms with E-state index in [4.69, 9.17) is 22.4 Å². The molecule has 0 aliphatic heterocycles. The molecule has 0 aliphatic carbocycles. The fourth-order valence-electron chi connectivity index (χ4n) is 2.58. The molecule has 0 aromatic heterocycles. The zero-order chi connectivity index (χ0) is 18.4. The number of nitrogens with one attached hydrogen (secondary N) is 1. The maximum Gasteiger partial charge on any atom is 0.335 e. The van der Waals surface area contributed by atoms with Crippen molar-refractivity contribution >= 4 is 23.5 Å². The van der Waals surface area contributed by atoms with Gasteiger partial charge in [-0.25, -0.2) is 4.79 Å². The first-order valence-electron chi connectivity index (χ1n) is 8.07. The number of halogens is 1. The van der Waals surface area contributed by atoms with Gasteiger partial charge in [-0.2, -0.15) is 0 Å². The highest BCUT2D eigenvalue weighted by atomic mass is 35.5. The van der Waals surface area contributed by atoms with Gasteiger partial charge in [0.1, 0.15) is 6.04 Å². The van der Waals surface area contributed by atoms with Gasteiger partial charge >= 0.3 is 5.97 Å². The number of carbonyl (C=O) groups excluding carboxylic acids is 1. The Morgan fingerprint density at radius 2 is 1.84 bits per heavy atom. The van der Waals surface area contributed by atoms with Crippen molar-refractivity contribution in [2.75, 3.05) is 0 Å². The van der Waals surface area contributed by atoms with E-state index in [0.29, 0.717) is 10.6 Å². The topological polar surface area (TPSA) is 92.4 Å². The summed E-state index contributed by atoms with van der Waals surface area (Å²) in [7, 11) is 0. The van der Waals surface area contributed by atoms with Crippen LogP contribution in [0.25, 0.3) is 0 Å². The Balaban J connectivity index is 2.14. The largest absolute Gasteiger partial charge is 0.478 e. The minimum atomic E-state index is -0.981. The van der Waals surface area contributed by atoms with Gasteiger partial charge in [-0.3, -0.25) is 4.79 Å². The molecular weight excluding hydrogens is 340 g/mol. The summed E-state index contributed by atoms with van der Waals surface area (Å²) in [5, 5.41) is 12.5. The number of nitrogens with two attached hydrogens (primary N) is 1. The van der Waals surface area contributed by atoms with Crippen molar-refractivity contribution in [2.45, 2.75) is 31.8 Å². The van der Waals surface area contributed by atoms with E-state index in [1.807, 2.05) is 6.92 Å². The first kappa shape index (κ1) is 19.0. The van der Waals surface area contributed by atoms with Crippen molar-refractivity contribution in [3.05, 3.63) is 70.2 Å². The minimum absolute atomic E-state index is 0.209. The molecule has 0 aliphatic rings. The second-order valence-corrected chi connectivity index (χ2v) is 6.25. The average Bonchev–Trinajstić information content (AvgIpc) is 2.60. The lowest BCUT2D eigenvalue weighted by Gasteiger charge is -2.21. The van der Waals surface area contributed by atoms with Gasteiger partial charge in [0, 0.05) is 5.02 Å².